The van der Waals surface area contributed by atoms with Gasteiger partial charge in [-0.05, 0) is 42.3 Å². The fourth-order valence-corrected chi connectivity index (χ4v) is 8.37. The molecule has 7 N–H and O–H groups in total. The van der Waals surface area contributed by atoms with Gasteiger partial charge in [0.2, 0.25) is 5.82 Å². The second kappa shape index (κ2) is 7.87. The van der Waals surface area contributed by atoms with Crippen LogP contribution in [-0.2, 0) is 19.9 Å². The molecule has 0 radical (unpaired) electrons. The van der Waals surface area contributed by atoms with Crippen molar-refractivity contribution in [1.82, 2.24) is 35.3 Å². The van der Waals surface area contributed by atoms with Gasteiger partial charge in [0.05, 0.1) is 21.5 Å². The predicted molar refractivity (Wildman–Crippen MR) is 121 cm³/mol. The van der Waals surface area contributed by atoms with E-state index in [4.69, 9.17) is 11.5 Å². The molecule has 0 fully saturated rings. The van der Waals surface area contributed by atoms with Crippen molar-refractivity contribution < 1.29 is 12.6 Å². The molecule has 1 aliphatic heterocycles. The van der Waals surface area contributed by atoms with Crippen molar-refractivity contribution in [2.45, 2.75) is 22.6 Å². The summed E-state index contributed by atoms with van der Waals surface area (Å²) in [5.41, 5.74) is 13.7. The first-order valence-electron chi connectivity index (χ1n) is 9.97. The maximum Gasteiger partial charge on any atom is 0.293 e. The van der Waals surface area contributed by atoms with Gasteiger partial charge in [0.15, 0.2) is 15.9 Å². The minimum absolute atomic E-state index is 0.0212. The summed E-state index contributed by atoms with van der Waals surface area (Å²) in [6.45, 7) is 0.767. The maximum absolute atomic E-state index is 13.6. The zero-order valence-electron chi connectivity index (χ0n) is 17.1. The molecule has 1 unspecified atom stereocenters. The van der Waals surface area contributed by atoms with E-state index in [1.165, 1.54) is 6.07 Å². The molecule has 5 rings (SSSR count). The van der Waals surface area contributed by atoms with Crippen molar-refractivity contribution in [2.75, 3.05) is 18.8 Å². The molecule has 2 aromatic carbocycles. The maximum atomic E-state index is 13.6. The van der Waals surface area contributed by atoms with Gasteiger partial charge in [0, 0.05) is 12.1 Å². The van der Waals surface area contributed by atoms with Crippen LogP contribution in [0.2, 0.25) is 0 Å². The third-order valence-corrected chi connectivity index (χ3v) is 9.43. The number of fused-ring (bicyclic) bond motifs is 2. The Hall–Kier alpha value is -3.40. The van der Waals surface area contributed by atoms with Crippen molar-refractivity contribution in [3.8, 4) is 22.5 Å². The monoisotopic (exact) mass is 488 g/mol. The molecule has 3 heterocycles. The predicted octanol–water partition coefficient (Wildman–Crippen LogP) is 0.765. The quantitative estimate of drug-likeness (QED) is 0.232. The van der Waals surface area contributed by atoms with Crippen LogP contribution in [0.4, 0.5) is 5.95 Å². The summed E-state index contributed by atoms with van der Waals surface area (Å²) < 4.78 is 46.5. The van der Waals surface area contributed by atoms with Gasteiger partial charge in [-0.2, -0.15) is 13.6 Å². The molecule has 33 heavy (non-hydrogen) atoms. The van der Waals surface area contributed by atoms with Crippen LogP contribution in [0.15, 0.2) is 43.9 Å². The number of H-pyrrole nitrogens is 2. The summed E-state index contributed by atoms with van der Waals surface area (Å²) in [6, 6.07) is 8.50. The molecular weight excluding hydrogens is 468 g/mol. The molecule has 0 amide bonds. The first-order chi connectivity index (χ1) is 15.8. The van der Waals surface area contributed by atoms with E-state index < -0.39 is 19.9 Å². The number of unbranched alkanes of at least 4 members (excludes halogenated alkanes) is 1. The highest BCUT2D eigenvalue weighted by Crippen LogP contribution is 2.44. The minimum Gasteiger partial charge on any atom is -0.369 e. The SMILES string of the molecule is NCCCCNS1(=O)=NS(=O)(=O)c2c1ccc(-c1cccc3[nH]c(N)nc13)c2-c1nn[nH]n1. The number of anilines is 1. The van der Waals surface area contributed by atoms with Crippen LogP contribution in [0.3, 0.4) is 0 Å². The number of hydrogen-bond donors (Lipinski definition) is 5. The molecule has 0 aliphatic carbocycles. The molecule has 0 saturated heterocycles. The van der Waals surface area contributed by atoms with Gasteiger partial charge in [-0.25, -0.2) is 13.9 Å². The van der Waals surface area contributed by atoms with E-state index in [9.17, 15) is 12.6 Å². The normalized spacial score (nSPS) is 18.9. The molecule has 0 spiro atoms. The number of nitrogens with zero attached hydrogens (tertiary/aromatic N) is 5. The summed E-state index contributed by atoms with van der Waals surface area (Å²) in [6.07, 6.45) is 1.32. The second-order valence-corrected chi connectivity index (χ2v) is 11.1. The summed E-state index contributed by atoms with van der Waals surface area (Å²) >= 11 is 0. The van der Waals surface area contributed by atoms with E-state index >= 15 is 0 Å². The van der Waals surface area contributed by atoms with E-state index in [1.54, 1.807) is 24.3 Å². The molecule has 0 saturated carbocycles. The average molecular weight is 489 g/mol. The van der Waals surface area contributed by atoms with Gasteiger partial charge < -0.3 is 16.5 Å². The number of para-hydroxylation sites is 1. The van der Waals surface area contributed by atoms with Gasteiger partial charge in [-0.15, -0.1) is 10.2 Å². The topological polar surface area (TPSA) is 211 Å². The lowest BCUT2D eigenvalue weighted by Gasteiger charge is -2.13. The van der Waals surface area contributed by atoms with Crippen LogP contribution >= 0.6 is 0 Å². The van der Waals surface area contributed by atoms with Crippen LogP contribution in [-0.4, -0.2) is 56.3 Å². The largest absolute Gasteiger partial charge is 0.369 e. The van der Waals surface area contributed by atoms with Crippen LogP contribution < -0.4 is 16.2 Å². The number of rotatable bonds is 7. The fraction of sp³-hybridized carbons (Fsp3) is 0.222. The summed E-state index contributed by atoms with van der Waals surface area (Å²) in [5, 5.41) is 13.9. The number of imidazole rings is 1. The second-order valence-electron chi connectivity index (χ2n) is 7.34. The lowest BCUT2D eigenvalue weighted by molar-refractivity contribution is 0.598. The number of tetrazole rings is 1. The summed E-state index contributed by atoms with van der Waals surface area (Å²) in [5.74, 6) is 0.236. The van der Waals surface area contributed by atoms with Crippen LogP contribution in [0, 0.1) is 0 Å². The highest BCUT2D eigenvalue weighted by atomic mass is 32.3. The number of aromatic nitrogens is 6. The molecule has 4 aromatic rings. The molecule has 1 aliphatic rings. The van der Waals surface area contributed by atoms with E-state index in [-0.39, 0.29) is 27.1 Å². The third kappa shape index (κ3) is 3.54. The standard InChI is InChI=1S/C18H20N10O3S2/c19-8-1-2-9-21-32(29)13-7-6-10(11-4-3-5-12-15(11)23-18(20)22-12)14(17-24-26-27-25-17)16(13)33(30,31)28-32/h3-7H,1-2,8-9,19H2,(H3,20,22,23)(H,21,28,29)(H,24,25,26,27). The van der Waals surface area contributed by atoms with Crippen molar-refractivity contribution in [1.29, 1.82) is 0 Å². The molecule has 15 heteroatoms. The fourth-order valence-electron chi connectivity index (χ4n) is 3.82. The zero-order chi connectivity index (χ0) is 23.2. The van der Waals surface area contributed by atoms with Crippen molar-refractivity contribution >= 4 is 36.9 Å². The number of sulfonamides is 1. The molecule has 13 nitrogen and oxygen atoms in total. The Balaban J connectivity index is 1.77. The number of hydrogen-bond acceptors (Lipinski definition) is 9. The average Bonchev–Trinajstić information content (AvgIpc) is 3.48. The Morgan fingerprint density at radius 3 is 2.67 bits per heavy atom. The van der Waals surface area contributed by atoms with Crippen molar-refractivity contribution in [2.24, 2.45) is 9.50 Å². The van der Waals surface area contributed by atoms with Gasteiger partial charge in [0.1, 0.15) is 4.90 Å². The smallest absolute Gasteiger partial charge is 0.293 e. The van der Waals surface area contributed by atoms with Gasteiger partial charge in [-0.1, -0.05) is 22.0 Å². The molecular formula is C18H20N10O3S2. The Kier molecular flexibility index (Phi) is 5.12. The van der Waals surface area contributed by atoms with E-state index in [0.29, 0.717) is 48.1 Å². The van der Waals surface area contributed by atoms with E-state index in [2.05, 4.69) is 39.1 Å². The van der Waals surface area contributed by atoms with Crippen LogP contribution in [0.5, 0.6) is 0 Å². The molecule has 172 valence electrons. The highest BCUT2D eigenvalue weighted by molar-refractivity contribution is 8.05. The first-order valence-corrected chi connectivity index (χ1v) is 12.9. The Bertz CT molecular complexity index is 1590. The number of nitrogen functional groups attached to an aromatic ring is 1. The van der Waals surface area contributed by atoms with Crippen LogP contribution in [0.25, 0.3) is 33.5 Å². The van der Waals surface area contributed by atoms with Crippen molar-refractivity contribution in [3.63, 3.8) is 0 Å². The van der Waals surface area contributed by atoms with Gasteiger partial charge >= 0.3 is 0 Å². The van der Waals surface area contributed by atoms with Gasteiger partial charge in [-0.3, -0.25) is 0 Å². The number of nitrogens with one attached hydrogen (secondary N) is 3. The minimum atomic E-state index is -4.30. The summed E-state index contributed by atoms with van der Waals surface area (Å²) in [7, 11) is -7.74. The Labute approximate surface area is 188 Å². The first kappa shape index (κ1) is 21.4. The molecule has 1 atom stereocenters. The lowest BCUT2D eigenvalue weighted by atomic mass is 9.98. The third-order valence-electron chi connectivity index (χ3n) is 5.20. The Morgan fingerprint density at radius 1 is 1.06 bits per heavy atom. The van der Waals surface area contributed by atoms with E-state index in [0.717, 1.165) is 0 Å². The van der Waals surface area contributed by atoms with Crippen LogP contribution in [0.1, 0.15) is 12.8 Å². The van der Waals surface area contributed by atoms with Crippen molar-refractivity contribution in [3.05, 3.63) is 30.3 Å². The van der Waals surface area contributed by atoms with E-state index in [1.807, 2.05) is 0 Å². The van der Waals surface area contributed by atoms with Gasteiger partial charge in [0.25, 0.3) is 10.0 Å². The number of nitrogens with two attached hydrogens (primary N) is 2. The summed E-state index contributed by atoms with van der Waals surface area (Å²) in [4.78, 5) is 7.11. The number of benzene rings is 2. The molecule has 0 bridgehead atoms. The highest BCUT2D eigenvalue weighted by Gasteiger charge is 2.39. The lowest BCUT2D eigenvalue weighted by Crippen LogP contribution is -2.24. The zero-order valence-corrected chi connectivity index (χ0v) is 18.8. The molecule has 2 aromatic heterocycles. The Morgan fingerprint density at radius 2 is 1.91 bits per heavy atom. The number of aromatic amines is 2.